The largest absolute Gasteiger partial charge is 0.497 e. The molecule has 2 aliphatic rings. The fourth-order valence-electron chi connectivity index (χ4n) is 2.46. The molecule has 0 radical (unpaired) electrons. The third-order valence-corrected chi connectivity index (χ3v) is 4.07. The average molecular weight is 358 g/mol. The van der Waals surface area contributed by atoms with Gasteiger partial charge in [-0.25, -0.2) is 9.79 Å². The summed E-state index contributed by atoms with van der Waals surface area (Å²) in [5.74, 6) is 1.54. The van der Waals surface area contributed by atoms with Gasteiger partial charge in [-0.2, -0.15) is 0 Å². The molecular formula is C18H12ClNO5. The summed E-state index contributed by atoms with van der Waals surface area (Å²) in [6.45, 7) is 0.146. The highest BCUT2D eigenvalue weighted by Crippen LogP contribution is 2.38. The Bertz CT molecular complexity index is 918. The summed E-state index contributed by atoms with van der Waals surface area (Å²) in [5.41, 5.74) is 1.43. The van der Waals surface area contributed by atoms with Crippen LogP contribution in [0, 0.1) is 0 Å². The SMILES string of the molecule is COc1ccc(C2=N/C(=C\c3cc4c(cc3Cl)OCO4)C(=O)O2)cc1. The van der Waals surface area contributed by atoms with Crippen molar-refractivity contribution in [2.45, 2.75) is 0 Å². The number of carbonyl (C=O) groups is 1. The van der Waals surface area contributed by atoms with Crippen LogP contribution >= 0.6 is 11.6 Å². The molecule has 126 valence electrons. The molecule has 2 heterocycles. The molecule has 0 saturated carbocycles. The number of esters is 1. The number of hydrogen-bond donors (Lipinski definition) is 0. The first-order chi connectivity index (χ1) is 12.1. The zero-order valence-electron chi connectivity index (χ0n) is 13.1. The lowest BCUT2D eigenvalue weighted by molar-refractivity contribution is -0.129. The number of halogens is 1. The summed E-state index contributed by atoms with van der Waals surface area (Å²) in [6.07, 6.45) is 1.56. The van der Waals surface area contributed by atoms with Crippen molar-refractivity contribution >= 4 is 29.5 Å². The van der Waals surface area contributed by atoms with Crippen LogP contribution in [0.1, 0.15) is 11.1 Å². The fourth-order valence-corrected chi connectivity index (χ4v) is 2.67. The minimum atomic E-state index is -0.542. The molecule has 0 atom stereocenters. The number of methoxy groups -OCH3 is 1. The predicted octanol–water partition coefficient (Wildman–Crippen LogP) is 3.42. The molecule has 0 spiro atoms. The summed E-state index contributed by atoms with van der Waals surface area (Å²) in [7, 11) is 1.58. The van der Waals surface area contributed by atoms with E-state index in [9.17, 15) is 4.79 Å². The van der Waals surface area contributed by atoms with Crippen molar-refractivity contribution in [1.82, 2.24) is 0 Å². The maximum Gasteiger partial charge on any atom is 0.363 e. The Labute approximate surface area is 148 Å². The molecule has 0 saturated heterocycles. The van der Waals surface area contributed by atoms with Crippen molar-refractivity contribution in [3.05, 3.63) is 58.2 Å². The summed E-state index contributed by atoms with van der Waals surface area (Å²) in [5, 5.41) is 0.428. The molecule has 2 aromatic carbocycles. The van der Waals surface area contributed by atoms with E-state index < -0.39 is 5.97 Å². The molecule has 0 bridgehead atoms. The van der Waals surface area contributed by atoms with Gasteiger partial charge in [0.05, 0.1) is 12.1 Å². The molecule has 0 unspecified atom stereocenters. The summed E-state index contributed by atoms with van der Waals surface area (Å²) >= 11 is 6.23. The van der Waals surface area contributed by atoms with Crippen LogP contribution in [0.4, 0.5) is 0 Å². The minimum Gasteiger partial charge on any atom is -0.497 e. The predicted molar refractivity (Wildman–Crippen MR) is 91.2 cm³/mol. The Balaban J connectivity index is 1.67. The molecule has 0 N–H and O–H groups in total. The molecule has 6 nitrogen and oxygen atoms in total. The van der Waals surface area contributed by atoms with Crippen LogP contribution in [-0.4, -0.2) is 25.8 Å². The molecule has 0 fully saturated rings. The Morgan fingerprint density at radius 1 is 1.16 bits per heavy atom. The number of cyclic esters (lactones) is 1. The van der Waals surface area contributed by atoms with E-state index in [0.29, 0.717) is 33.4 Å². The van der Waals surface area contributed by atoms with E-state index in [1.165, 1.54) is 0 Å². The van der Waals surface area contributed by atoms with E-state index in [2.05, 4.69) is 4.99 Å². The second-order valence-corrected chi connectivity index (χ2v) is 5.70. The van der Waals surface area contributed by atoms with Crippen LogP contribution < -0.4 is 14.2 Å². The fraction of sp³-hybridized carbons (Fsp3) is 0.111. The van der Waals surface area contributed by atoms with Gasteiger partial charge >= 0.3 is 5.97 Å². The van der Waals surface area contributed by atoms with Crippen molar-refractivity contribution in [1.29, 1.82) is 0 Å². The third-order valence-electron chi connectivity index (χ3n) is 3.74. The number of carbonyl (C=O) groups excluding carboxylic acids is 1. The maximum atomic E-state index is 12.1. The molecule has 0 amide bonds. The molecule has 0 aromatic heterocycles. The van der Waals surface area contributed by atoms with Gasteiger partial charge in [0.2, 0.25) is 12.7 Å². The van der Waals surface area contributed by atoms with Crippen LogP contribution in [0.5, 0.6) is 17.2 Å². The Morgan fingerprint density at radius 3 is 2.60 bits per heavy atom. The normalized spacial score (nSPS) is 16.8. The van der Waals surface area contributed by atoms with E-state index in [0.717, 1.165) is 0 Å². The average Bonchev–Trinajstić information content (AvgIpc) is 3.22. The molecular weight excluding hydrogens is 346 g/mol. The highest BCUT2D eigenvalue weighted by atomic mass is 35.5. The van der Waals surface area contributed by atoms with Crippen molar-refractivity contribution in [2.24, 2.45) is 4.99 Å². The van der Waals surface area contributed by atoms with Gasteiger partial charge in [0.1, 0.15) is 5.75 Å². The Hall–Kier alpha value is -2.99. The molecule has 7 heteroatoms. The first kappa shape index (κ1) is 15.5. The third kappa shape index (κ3) is 2.92. The number of benzene rings is 2. The van der Waals surface area contributed by atoms with E-state index in [1.807, 2.05) is 0 Å². The number of aliphatic imine (C=N–C) groups is 1. The highest BCUT2D eigenvalue weighted by molar-refractivity contribution is 6.32. The molecule has 4 rings (SSSR count). The van der Waals surface area contributed by atoms with Gasteiger partial charge in [0.25, 0.3) is 0 Å². The van der Waals surface area contributed by atoms with Gasteiger partial charge in [-0.15, -0.1) is 0 Å². The van der Waals surface area contributed by atoms with Gasteiger partial charge < -0.3 is 18.9 Å². The number of fused-ring (bicyclic) bond motifs is 1. The summed E-state index contributed by atoms with van der Waals surface area (Å²) in [4.78, 5) is 16.4. The minimum absolute atomic E-state index is 0.146. The van der Waals surface area contributed by atoms with Gasteiger partial charge in [-0.3, -0.25) is 0 Å². The van der Waals surface area contributed by atoms with Crippen molar-refractivity contribution in [3.8, 4) is 17.2 Å². The smallest absolute Gasteiger partial charge is 0.363 e. The van der Waals surface area contributed by atoms with Gasteiger partial charge in [-0.05, 0) is 42.0 Å². The standard InChI is InChI=1S/C18H12ClNO5/c1-22-12-4-2-10(3-5-12)17-20-14(18(21)25-17)6-11-7-15-16(8-13(11)19)24-9-23-15/h2-8H,9H2,1H3/b14-6-. The number of hydrogen-bond acceptors (Lipinski definition) is 6. The topological polar surface area (TPSA) is 66.3 Å². The van der Waals surface area contributed by atoms with Crippen LogP contribution in [0.2, 0.25) is 5.02 Å². The van der Waals surface area contributed by atoms with Crippen LogP contribution in [0.25, 0.3) is 6.08 Å². The molecule has 2 aromatic rings. The van der Waals surface area contributed by atoms with Crippen LogP contribution in [-0.2, 0) is 9.53 Å². The lowest BCUT2D eigenvalue weighted by atomic mass is 10.1. The zero-order chi connectivity index (χ0) is 17.4. The van der Waals surface area contributed by atoms with E-state index in [-0.39, 0.29) is 18.4 Å². The lowest BCUT2D eigenvalue weighted by Gasteiger charge is -2.01. The lowest BCUT2D eigenvalue weighted by Crippen LogP contribution is -2.05. The number of rotatable bonds is 3. The summed E-state index contributed by atoms with van der Waals surface area (Å²) < 4.78 is 20.9. The van der Waals surface area contributed by atoms with Gasteiger partial charge in [0, 0.05) is 11.6 Å². The first-order valence-corrected chi connectivity index (χ1v) is 7.78. The number of ether oxygens (including phenoxy) is 4. The summed E-state index contributed by atoms with van der Waals surface area (Å²) in [6, 6.07) is 10.4. The van der Waals surface area contributed by atoms with E-state index in [4.69, 9.17) is 30.5 Å². The van der Waals surface area contributed by atoms with Gasteiger partial charge in [-0.1, -0.05) is 11.6 Å². The molecule has 25 heavy (non-hydrogen) atoms. The Kier molecular flexibility index (Phi) is 3.82. The zero-order valence-corrected chi connectivity index (χ0v) is 13.9. The second kappa shape index (κ2) is 6.14. The maximum absolute atomic E-state index is 12.1. The Morgan fingerprint density at radius 2 is 1.88 bits per heavy atom. The van der Waals surface area contributed by atoms with Crippen molar-refractivity contribution in [3.63, 3.8) is 0 Å². The quantitative estimate of drug-likeness (QED) is 0.622. The van der Waals surface area contributed by atoms with E-state index in [1.54, 1.807) is 49.6 Å². The van der Waals surface area contributed by atoms with Crippen molar-refractivity contribution in [2.75, 3.05) is 13.9 Å². The van der Waals surface area contributed by atoms with Crippen LogP contribution in [0.3, 0.4) is 0 Å². The first-order valence-electron chi connectivity index (χ1n) is 7.40. The molecule has 0 aliphatic carbocycles. The second-order valence-electron chi connectivity index (χ2n) is 5.29. The molecule has 2 aliphatic heterocycles. The van der Waals surface area contributed by atoms with Crippen LogP contribution in [0.15, 0.2) is 47.1 Å². The monoisotopic (exact) mass is 357 g/mol. The van der Waals surface area contributed by atoms with E-state index >= 15 is 0 Å². The van der Waals surface area contributed by atoms with Crippen molar-refractivity contribution < 1.29 is 23.7 Å². The number of nitrogens with zero attached hydrogens (tertiary/aromatic N) is 1. The highest BCUT2D eigenvalue weighted by Gasteiger charge is 2.25. The van der Waals surface area contributed by atoms with Gasteiger partial charge in [0.15, 0.2) is 17.2 Å².